The molecule has 0 bridgehead atoms. The molecule has 0 aromatic carbocycles. The summed E-state index contributed by atoms with van der Waals surface area (Å²) in [4.78, 5) is 30.5. The number of aromatic nitrogens is 1. The molecular formula is C26H35ClFNO6S. The highest BCUT2D eigenvalue weighted by Gasteiger charge is 2.56. The smallest absolute Gasteiger partial charge is 0.309 e. The first-order valence-corrected chi connectivity index (χ1v) is 14.0. The van der Waals surface area contributed by atoms with Crippen LogP contribution < -0.4 is 0 Å². The van der Waals surface area contributed by atoms with Crippen LogP contribution in [0.15, 0.2) is 11.2 Å². The predicted molar refractivity (Wildman–Crippen MR) is 134 cm³/mol. The van der Waals surface area contributed by atoms with E-state index >= 15 is 4.39 Å². The van der Waals surface area contributed by atoms with Crippen LogP contribution in [-0.2, 0) is 19.1 Å². The Bertz CT molecular complexity index is 1010. The fraction of sp³-hybridized carbons (Fsp3) is 0.731. The van der Waals surface area contributed by atoms with Gasteiger partial charge in [-0.1, -0.05) is 31.9 Å². The molecule has 200 valence electrons. The van der Waals surface area contributed by atoms with Crippen LogP contribution in [0.4, 0.5) is 4.39 Å². The van der Waals surface area contributed by atoms with E-state index in [1.54, 1.807) is 12.3 Å². The summed E-state index contributed by atoms with van der Waals surface area (Å²) < 4.78 is 26.5. The molecule has 1 spiro atoms. The lowest BCUT2D eigenvalue weighted by molar-refractivity contribution is -0.162. The number of aliphatic hydroxyl groups excluding tert-OH is 2. The number of ether oxygens (including phenoxy) is 2. The molecule has 1 aromatic rings. The van der Waals surface area contributed by atoms with Gasteiger partial charge in [0, 0.05) is 17.7 Å². The average Bonchev–Trinajstić information content (AvgIpc) is 3.22. The SMILES string of the molecule is Cc1nc(/C=C(\F)[C@@H]2CC3OC3(Cl)CCC[C@H](C)[C@H](O)[C@@H](C)C(=O)C3(CCC3)[C@@H](O)CC(=O)O2)cs1. The van der Waals surface area contributed by atoms with Crippen molar-refractivity contribution in [2.24, 2.45) is 17.3 Å². The van der Waals surface area contributed by atoms with Gasteiger partial charge in [-0.2, -0.15) is 0 Å². The molecule has 4 rings (SSSR count). The minimum Gasteiger partial charge on any atom is -0.455 e. The van der Waals surface area contributed by atoms with Crippen molar-refractivity contribution < 1.29 is 33.7 Å². The Kier molecular flexibility index (Phi) is 8.27. The van der Waals surface area contributed by atoms with Crippen LogP contribution in [0, 0.1) is 24.2 Å². The Hall–Kier alpha value is -1.39. The van der Waals surface area contributed by atoms with Crippen molar-refractivity contribution in [1.29, 1.82) is 0 Å². The summed E-state index contributed by atoms with van der Waals surface area (Å²) in [5, 5.41) is 23.4. The molecule has 0 radical (unpaired) electrons. The Morgan fingerprint density at radius 3 is 2.58 bits per heavy atom. The summed E-state index contributed by atoms with van der Waals surface area (Å²) >= 11 is 7.97. The van der Waals surface area contributed by atoms with Gasteiger partial charge in [0.15, 0.2) is 11.2 Å². The third kappa shape index (κ3) is 5.70. The van der Waals surface area contributed by atoms with E-state index in [1.807, 2.05) is 13.8 Å². The molecule has 2 saturated heterocycles. The number of fused-ring (bicyclic) bond motifs is 1. The average molecular weight is 544 g/mol. The minimum atomic E-state index is -1.28. The van der Waals surface area contributed by atoms with E-state index in [9.17, 15) is 19.8 Å². The third-order valence-corrected chi connectivity index (χ3v) is 9.43. The number of rotatable bonds is 2. The summed E-state index contributed by atoms with van der Waals surface area (Å²) in [7, 11) is 0. The lowest BCUT2D eigenvalue weighted by Gasteiger charge is -2.46. The number of aryl methyl sites for hydroxylation is 1. The number of thiazole rings is 1. The number of alkyl halides is 1. The highest BCUT2D eigenvalue weighted by atomic mass is 35.5. The second-order valence-electron chi connectivity index (χ2n) is 10.7. The van der Waals surface area contributed by atoms with Crippen molar-refractivity contribution in [2.75, 3.05) is 0 Å². The molecule has 3 aliphatic rings. The molecule has 7 nitrogen and oxygen atoms in total. The molecule has 10 heteroatoms. The second kappa shape index (κ2) is 10.8. The number of cyclic esters (lactones) is 1. The van der Waals surface area contributed by atoms with Crippen LogP contribution in [0.5, 0.6) is 0 Å². The number of epoxide rings is 1. The molecule has 1 aliphatic carbocycles. The van der Waals surface area contributed by atoms with E-state index in [2.05, 4.69) is 4.98 Å². The van der Waals surface area contributed by atoms with E-state index in [-0.39, 0.29) is 18.1 Å². The van der Waals surface area contributed by atoms with Gasteiger partial charge in [-0.25, -0.2) is 9.37 Å². The summed E-state index contributed by atoms with van der Waals surface area (Å²) in [6.45, 7) is 5.38. The Balaban J connectivity index is 1.58. The standard InChI is InChI=1S/C26H35ClFNO6S/c1-14-6-4-9-26(27)21(35-26)11-19(18(28)10-17-13-36-16(3)29-17)34-22(31)12-20(30)25(7-5-8-25)24(33)15(2)23(14)32/h10,13-15,19-21,23,30,32H,4-9,11-12H2,1-3H3/b18-10-/t14-,15+,19-,20-,21?,23-,26?/m0/s1. The number of hydrogen-bond donors (Lipinski definition) is 2. The fourth-order valence-corrected chi connectivity index (χ4v) is 6.44. The van der Waals surface area contributed by atoms with Crippen molar-refractivity contribution in [3.63, 3.8) is 0 Å². The van der Waals surface area contributed by atoms with Crippen molar-refractivity contribution in [2.45, 2.75) is 102 Å². The number of nitrogens with zero attached hydrogens (tertiary/aromatic N) is 1. The van der Waals surface area contributed by atoms with E-state index in [0.29, 0.717) is 37.8 Å². The van der Waals surface area contributed by atoms with Crippen molar-refractivity contribution in [1.82, 2.24) is 4.98 Å². The topological polar surface area (TPSA) is 109 Å². The normalized spacial score (nSPS) is 38.2. The highest BCUT2D eigenvalue weighted by Crippen LogP contribution is 2.50. The quantitative estimate of drug-likeness (QED) is 0.316. The molecule has 7 atom stereocenters. The van der Waals surface area contributed by atoms with Gasteiger partial charge in [-0.05, 0) is 51.0 Å². The largest absolute Gasteiger partial charge is 0.455 e. The maximum atomic E-state index is 15.3. The number of ketones is 1. The Morgan fingerprint density at radius 2 is 1.97 bits per heavy atom. The monoisotopic (exact) mass is 543 g/mol. The van der Waals surface area contributed by atoms with Crippen LogP contribution in [0.25, 0.3) is 6.08 Å². The summed E-state index contributed by atoms with van der Waals surface area (Å²) in [6.07, 6.45) is 0.302. The highest BCUT2D eigenvalue weighted by molar-refractivity contribution is 7.09. The van der Waals surface area contributed by atoms with Gasteiger partial charge in [0.25, 0.3) is 0 Å². The maximum absolute atomic E-state index is 15.3. The molecule has 1 aromatic heterocycles. The molecule has 36 heavy (non-hydrogen) atoms. The molecule has 1 saturated carbocycles. The van der Waals surface area contributed by atoms with E-state index in [0.717, 1.165) is 11.4 Å². The molecule has 0 amide bonds. The van der Waals surface area contributed by atoms with Gasteiger partial charge in [-0.3, -0.25) is 9.59 Å². The van der Waals surface area contributed by atoms with Gasteiger partial charge >= 0.3 is 5.97 Å². The van der Waals surface area contributed by atoms with Crippen LogP contribution >= 0.6 is 22.9 Å². The fourth-order valence-electron chi connectivity index (χ4n) is 5.54. The van der Waals surface area contributed by atoms with Crippen LogP contribution in [0.1, 0.15) is 75.9 Å². The molecular weight excluding hydrogens is 509 g/mol. The molecule has 2 aliphatic heterocycles. The zero-order chi connectivity index (χ0) is 26.3. The maximum Gasteiger partial charge on any atom is 0.309 e. The number of aliphatic hydroxyl groups is 2. The lowest BCUT2D eigenvalue weighted by atomic mass is 9.58. The number of carbonyl (C=O) groups is 2. The predicted octanol–water partition coefficient (Wildman–Crippen LogP) is 4.71. The molecule has 2 unspecified atom stereocenters. The molecule has 3 fully saturated rings. The Labute approximate surface area is 220 Å². The van der Waals surface area contributed by atoms with Crippen molar-refractivity contribution in [3.8, 4) is 0 Å². The van der Waals surface area contributed by atoms with Gasteiger partial charge in [0.1, 0.15) is 17.7 Å². The van der Waals surface area contributed by atoms with Crippen LogP contribution in [-0.4, -0.2) is 56.4 Å². The second-order valence-corrected chi connectivity index (χ2v) is 12.4. The zero-order valence-electron chi connectivity index (χ0n) is 20.9. The van der Waals surface area contributed by atoms with Gasteiger partial charge in [0.2, 0.25) is 0 Å². The molecule has 2 N–H and O–H groups in total. The Morgan fingerprint density at radius 1 is 1.25 bits per heavy atom. The van der Waals surface area contributed by atoms with Crippen molar-refractivity contribution in [3.05, 3.63) is 21.9 Å². The first-order valence-electron chi connectivity index (χ1n) is 12.7. The van der Waals surface area contributed by atoms with Gasteiger partial charge in [-0.15, -0.1) is 11.3 Å². The zero-order valence-corrected chi connectivity index (χ0v) is 22.5. The van der Waals surface area contributed by atoms with Crippen LogP contribution in [0.2, 0.25) is 0 Å². The first-order chi connectivity index (χ1) is 16.9. The summed E-state index contributed by atoms with van der Waals surface area (Å²) in [5.74, 6) is -2.58. The van der Waals surface area contributed by atoms with E-state index < -0.39 is 59.0 Å². The molecule has 3 heterocycles. The van der Waals surface area contributed by atoms with E-state index in [4.69, 9.17) is 21.1 Å². The van der Waals surface area contributed by atoms with Crippen LogP contribution in [0.3, 0.4) is 0 Å². The summed E-state index contributed by atoms with van der Waals surface area (Å²) in [5.41, 5.74) is -0.670. The number of carbonyl (C=O) groups excluding carboxylic acids is 2. The lowest BCUT2D eigenvalue weighted by Crippen LogP contribution is -2.53. The number of esters is 1. The van der Waals surface area contributed by atoms with E-state index in [1.165, 1.54) is 17.4 Å². The van der Waals surface area contributed by atoms with Gasteiger partial charge < -0.3 is 19.7 Å². The first kappa shape index (κ1) is 27.6. The number of Topliss-reactive ketones (excluding diaryl/α,β-unsaturated/α-hetero) is 1. The summed E-state index contributed by atoms with van der Waals surface area (Å²) in [6, 6.07) is 0. The van der Waals surface area contributed by atoms with Gasteiger partial charge in [0.05, 0.1) is 34.7 Å². The number of halogens is 2. The van der Waals surface area contributed by atoms with Crippen molar-refractivity contribution >= 4 is 40.8 Å². The third-order valence-electron chi connectivity index (χ3n) is 8.11. The minimum absolute atomic E-state index is 0.0239. The number of hydrogen-bond acceptors (Lipinski definition) is 8.